The van der Waals surface area contributed by atoms with Crippen molar-refractivity contribution < 1.29 is 4.39 Å². The Bertz CT molecular complexity index is 349. The van der Waals surface area contributed by atoms with E-state index in [0.717, 1.165) is 31.2 Å². The van der Waals surface area contributed by atoms with Crippen molar-refractivity contribution in [2.24, 2.45) is 5.92 Å². The van der Waals surface area contributed by atoms with Crippen molar-refractivity contribution in [3.63, 3.8) is 0 Å². The van der Waals surface area contributed by atoms with Gasteiger partial charge in [0.25, 0.3) is 0 Å². The van der Waals surface area contributed by atoms with E-state index < -0.39 is 0 Å². The Morgan fingerprint density at radius 1 is 1.20 bits per heavy atom. The van der Waals surface area contributed by atoms with E-state index in [2.05, 4.69) is 10.2 Å². The van der Waals surface area contributed by atoms with E-state index in [0.29, 0.717) is 6.04 Å². The molecule has 1 aromatic rings. The van der Waals surface area contributed by atoms with Crippen molar-refractivity contribution in [3.8, 4) is 0 Å². The summed E-state index contributed by atoms with van der Waals surface area (Å²) in [5.74, 6) is 0.633. The predicted molar refractivity (Wildman–Crippen MR) is 58.5 cm³/mol. The molecule has 80 valence electrons. The summed E-state index contributed by atoms with van der Waals surface area (Å²) in [6.45, 7) is 3.33. The lowest BCUT2D eigenvalue weighted by Gasteiger charge is -2.25. The summed E-state index contributed by atoms with van der Waals surface area (Å²) < 4.78 is 12.8. The van der Waals surface area contributed by atoms with Gasteiger partial charge < -0.3 is 10.2 Å². The van der Waals surface area contributed by atoms with Crippen molar-refractivity contribution in [1.29, 1.82) is 0 Å². The Morgan fingerprint density at radius 3 is 2.80 bits per heavy atom. The van der Waals surface area contributed by atoms with E-state index in [1.165, 1.54) is 6.42 Å². The van der Waals surface area contributed by atoms with Gasteiger partial charge in [-0.2, -0.15) is 0 Å². The second-order valence-corrected chi connectivity index (χ2v) is 4.44. The lowest BCUT2D eigenvalue weighted by Crippen LogP contribution is -2.33. The van der Waals surface area contributed by atoms with Crippen LogP contribution in [0, 0.1) is 11.7 Å². The fourth-order valence-corrected chi connectivity index (χ4v) is 2.80. The van der Waals surface area contributed by atoms with Crippen LogP contribution in [-0.4, -0.2) is 25.7 Å². The molecule has 0 spiro atoms. The number of hydrogen-bond donors (Lipinski definition) is 1. The second kappa shape index (κ2) is 3.49. The summed E-state index contributed by atoms with van der Waals surface area (Å²) in [4.78, 5) is 2.41. The van der Waals surface area contributed by atoms with Crippen molar-refractivity contribution in [1.82, 2.24) is 5.32 Å². The Hall–Kier alpha value is -1.09. The third kappa shape index (κ3) is 1.51. The zero-order valence-electron chi connectivity index (χ0n) is 8.62. The predicted octanol–water partition coefficient (Wildman–Crippen LogP) is 1.62. The molecule has 3 heteroatoms. The lowest BCUT2D eigenvalue weighted by atomic mass is 10.1. The molecule has 1 N–H and O–H groups in total. The standard InChI is InChI=1S/C12H15FN2/c13-10-1-3-11(4-2-10)15-6-5-9-7-14-8-12(9)15/h1-4,9,12,14H,5-8H2/t9-,12+/m1/s1. The van der Waals surface area contributed by atoms with E-state index in [1.807, 2.05) is 12.1 Å². The smallest absolute Gasteiger partial charge is 0.123 e. The number of rotatable bonds is 1. The summed E-state index contributed by atoms with van der Waals surface area (Å²) in [6.07, 6.45) is 1.26. The third-order valence-corrected chi connectivity index (χ3v) is 3.60. The number of nitrogens with zero attached hydrogens (tertiary/aromatic N) is 1. The van der Waals surface area contributed by atoms with Gasteiger partial charge in [0.1, 0.15) is 5.82 Å². The molecule has 0 aliphatic carbocycles. The topological polar surface area (TPSA) is 15.3 Å². The molecule has 2 aliphatic heterocycles. The first kappa shape index (κ1) is 9.16. The Balaban J connectivity index is 1.85. The summed E-state index contributed by atoms with van der Waals surface area (Å²) in [5.41, 5.74) is 1.16. The van der Waals surface area contributed by atoms with Gasteiger partial charge in [-0.25, -0.2) is 4.39 Å². The van der Waals surface area contributed by atoms with Gasteiger partial charge in [-0.15, -0.1) is 0 Å². The maximum Gasteiger partial charge on any atom is 0.123 e. The number of nitrogens with one attached hydrogen (secondary N) is 1. The largest absolute Gasteiger partial charge is 0.367 e. The summed E-state index contributed by atoms with van der Waals surface area (Å²) in [5, 5.41) is 3.42. The lowest BCUT2D eigenvalue weighted by molar-refractivity contribution is 0.578. The van der Waals surface area contributed by atoms with Crippen LogP contribution in [0.1, 0.15) is 6.42 Å². The maximum absolute atomic E-state index is 12.8. The van der Waals surface area contributed by atoms with Crippen LogP contribution >= 0.6 is 0 Å². The van der Waals surface area contributed by atoms with Gasteiger partial charge in [0.15, 0.2) is 0 Å². The van der Waals surface area contributed by atoms with Gasteiger partial charge in [-0.1, -0.05) is 0 Å². The van der Waals surface area contributed by atoms with Crippen LogP contribution in [0.4, 0.5) is 10.1 Å². The summed E-state index contributed by atoms with van der Waals surface area (Å²) in [6, 6.07) is 7.48. The molecule has 15 heavy (non-hydrogen) atoms. The highest BCUT2D eigenvalue weighted by atomic mass is 19.1. The van der Waals surface area contributed by atoms with Crippen molar-refractivity contribution >= 4 is 5.69 Å². The summed E-state index contributed by atoms with van der Waals surface area (Å²) in [7, 11) is 0. The van der Waals surface area contributed by atoms with E-state index in [9.17, 15) is 4.39 Å². The minimum Gasteiger partial charge on any atom is -0.367 e. The fraction of sp³-hybridized carbons (Fsp3) is 0.500. The molecular weight excluding hydrogens is 191 g/mol. The highest BCUT2D eigenvalue weighted by molar-refractivity contribution is 5.49. The van der Waals surface area contributed by atoms with E-state index in [1.54, 1.807) is 12.1 Å². The molecule has 2 heterocycles. The molecule has 2 fully saturated rings. The van der Waals surface area contributed by atoms with E-state index in [-0.39, 0.29) is 5.82 Å². The number of anilines is 1. The van der Waals surface area contributed by atoms with Crippen LogP contribution < -0.4 is 10.2 Å². The van der Waals surface area contributed by atoms with Crippen LogP contribution in [0.25, 0.3) is 0 Å². The normalized spacial score (nSPS) is 29.5. The van der Waals surface area contributed by atoms with Crippen LogP contribution in [0.15, 0.2) is 24.3 Å². The van der Waals surface area contributed by atoms with Crippen LogP contribution in [-0.2, 0) is 0 Å². The molecule has 1 aromatic carbocycles. The van der Waals surface area contributed by atoms with Gasteiger partial charge in [0, 0.05) is 31.4 Å². The number of halogens is 1. The Labute approximate surface area is 89.1 Å². The Kier molecular flexibility index (Phi) is 2.13. The maximum atomic E-state index is 12.8. The number of hydrogen-bond acceptors (Lipinski definition) is 2. The molecule has 2 aliphatic rings. The van der Waals surface area contributed by atoms with E-state index >= 15 is 0 Å². The average Bonchev–Trinajstić information content (AvgIpc) is 2.80. The first-order valence-corrected chi connectivity index (χ1v) is 5.57. The third-order valence-electron chi connectivity index (χ3n) is 3.60. The average molecular weight is 206 g/mol. The summed E-state index contributed by atoms with van der Waals surface area (Å²) >= 11 is 0. The van der Waals surface area contributed by atoms with Crippen molar-refractivity contribution in [3.05, 3.63) is 30.1 Å². The van der Waals surface area contributed by atoms with Crippen molar-refractivity contribution in [2.45, 2.75) is 12.5 Å². The Morgan fingerprint density at radius 2 is 2.00 bits per heavy atom. The van der Waals surface area contributed by atoms with Gasteiger partial charge in [-0.3, -0.25) is 0 Å². The van der Waals surface area contributed by atoms with E-state index in [4.69, 9.17) is 0 Å². The number of benzene rings is 1. The first-order chi connectivity index (χ1) is 7.34. The van der Waals surface area contributed by atoms with Gasteiger partial charge in [0.05, 0.1) is 0 Å². The first-order valence-electron chi connectivity index (χ1n) is 5.57. The molecule has 0 amide bonds. The van der Waals surface area contributed by atoms with Gasteiger partial charge in [0.2, 0.25) is 0 Å². The van der Waals surface area contributed by atoms with Gasteiger partial charge >= 0.3 is 0 Å². The molecule has 2 saturated heterocycles. The highest BCUT2D eigenvalue weighted by Gasteiger charge is 2.37. The fourth-order valence-electron chi connectivity index (χ4n) is 2.80. The molecular formula is C12H15FN2. The monoisotopic (exact) mass is 206 g/mol. The SMILES string of the molecule is Fc1ccc(N2CC[C@@H]3CNC[C@@H]32)cc1. The highest BCUT2D eigenvalue weighted by Crippen LogP contribution is 2.31. The zero-order valence-corrected chi connectivity index (χ0v) is 8.62. The van der Waals surface area contributed by atoms with Crippen LogP contribution in [0.2, 0.25) is 0 Å². The molecule has 0 aromatic heterocycles. The molecule has 0 bridgehead atoms. The van der Waals surface area contributed by atoms with Crippen LogP contribution in [0.5, 0.6) is 0 Å². The minimum atomic E-state index is -0.154. The molecule has 0 radical (unpaired) electrons. The quantitative estimate of drug-likeness (QED) is 0.751. The van der Waals surface area contributed by atoms with Crippen molar-refractivity contribution in [2.75, 3.05) is 24.5 Å². The molecule has 2 atom stereocenters. The zero-order chi connectivity index (χ0) is 10.3. The molecule has 0 saturated carbocycles. The molecule has 0 unspecified atom stereocenters. The minimum absolute atomic E-state index is 0.154. The molecule has 3 rings (SSSR count). The number of fused-ring (bicyclic) bond motifs is 1. The molecule has 2 nitrogen and oxygen atoms in total. The van der Waals surface area contributed by atoms with Gasteiger partial charge in [-0.05, 0) is 36.6 Å². The second-order valence-electron chi connectivity index (χ2n) is 4.44. The van der Waals surface area contributed by atoms with Crippen LogP contribution in [0.3, 0.4) is 0 Å².